The van der Waals surface area contributed by atoms with Gasteiger partial charge in [-0.1, -0.05) is 23.8 Å². The van der Waals surface area contributed by atoms with E-state index in [1.165, 1.54) is 18.3 Å². The van der Waals surface area contributed by atoms with Crippen molar-refractivity contribution in [3.8, 4) is 11.5 Å². The van der Waals surface area contributed by atoms with Gasteiger partial charge in [0.05, 0.1) is 18.2 Å². The Morgan fingerprint density at radius 1 is 1.11 bits per heavy atom. The Morgan fingerprint density at radius 3 is 2.57 bits per heavy atom. The van der Waals surface area contributed by atoms with Crippen LogP contribution >= 0.6 is 11.3 Å². The fourth-order valence-corrected chi connectivity index (χ4v) is 3.78. The highest BCUT2D eigenvalue weighted by Crippen LogP contribution is 2.28. The topological polar surface area (TPSA) is 77.0 Å². The molecule has 0 saturated heterocycles. The van der Waals surface area contributed by atoms with Crippen LogP contribution in [-0.2, 0) is 16.6 Å². The molecule has 0 radical (unpaired) electrons. The Hall–Kier alpha value is -2.84. The van der Waals surface area contributed by atoms with Crippen LogP contribution < -0.4 is 14.3 Å². The van der Waals surface area contributed by atoms with Crippen LogP contribution in [0.4, 0.5) is 0 Å². The van der Waals surface area contributed by atoms with Crippen molar-refractivity contribution in [1.29, 1.82) is 0 Å². The van der Waals surface area contributed by atoms with E-state index in [0.29, 0.717) is 23.7 Å². The number of sulfonamides is 1. The third-order valence-corrected chi connectivity index (χ3v) is 5.94. The monoisotopic (exact) mass is 416 g/mol. The summed E-state index contributed by atoms with van der Waals surface area (Å²) in [4.78, 5) is 3.48. The van der Waals surface area contributed by atoms with E-state index >= 15 is 0 Å². The zero-order valence-corrected chi connectivity index (χ0v) is 17.1. The molecule has 146 valence electrons. The SMILES string of the molecule is COc1cc(/C=N\NS(=O)(=O)c2ccc(C)cc2)ccc1OCc1cccs1. The summed E-state index contributed by atoms with van der Waals surface area (Å²) < 4.78 is 35.6. The predicted octanol–water partition coefficient (Wildman–Crippen LogP) is 3.96. The molecule has 2 aromatic carbocycles. The highest BCUT2D eigenvalue weighted by Gasteiger charge is 2.12. The predicted molar refractivity (Wildman–Crippen MR) is 111 cm³/mol. The third kappa shape index (κ3) is 5.11. The highest BCUT2D eigenvalue weighted by atomic mass is 32.2. The van der Waals surface area contributed by atoms with Gasteiger partial charge in [-0.05, 0) is 54.3 Å². The minimum Gasteiger partial charge on any atom is -0.493 e. The largest absolute Gasteiger partial charge is 0.493 e. The summed E-state index contributed by atoms with van der Waals surface area (Å²) in [5.41, 5.74) is 1.66. The molecule has 0 aliphatic heterocycles. The molecule has 0 aliphatic rings. The van der Waals surface area contributed by atoms with Crippen molar-refractivity contribution in [2.24, 2.45) is 5.10 Å². The lowest BCUT2D eigenvalue weighted by atomic mass is 10.2. The number of hydrazone groups is 1. The van der Waals surface area contributed by atoms with Crippen LogP contribution in [0.5, 0.6) is 11.5 Å². The number of hydrogen-bond donors (Lipinski definition) is 1. The fourth-order valence-electron chi connectivity index (χ4n) is 2.37. The van der Waals surface area contributed by atoms with Crippen LogP contribution in [0.15, 0.2) is 70.0 Å². The molecule has 0 amide bonds. The van der Waals surface area contributed by atoms with E-state index in [-0.39, 0.29) is 4.90 Å². The molecule has 3 rings (SSSR count). The van der Waals surface area contributed by atoms with Crippen LogP contribution in [0.2, 0.25) is 0 Å². The van der Waals surface area contributed by atoms with Crippen LogP contribution in [0.3, 0.4) is 0 Å². The van der Waals surface area contributed by atoms with Gasteiger partial charge < -0.3 is 9.47 Å². The number of methoxy groups -OCH3 is 1. The van der Waals surface area contributed by atoms with Gasteiger partial charge >= 0.3 is 0 Å². The van der Waals surface area contributed by atoms with E-state index in [1.807, 2.05) is 24.4 Å². The maximum absolute atomic E-state index is 12.2. The van der Waals surface area contributed by atoms with Crippen molar-refractivity contribution >= 4 is 27.6 Å². The first-order chi connectivity index (χ1) is 13.5. The number of nitrogens with zero attached hydrogens (tertiary/aromatic N) is 1. The number of benzene rings is 2. The van der Waals surface area contributed by atoms with Crippen molar-refractivity contribution < 1.29 is 17.9 Å². The van der Waals surface area contributed by atoms with Crippen molar-refractivity contribution in [2.75, 3.05) is 7.11 Å². The second-order valence-electron chi connectivity index (χ2n) is 5.94. The van der Waals surface area contributed by atoms with Gasteiger partial charge in [-0.25, -0.2) is 4.83 Å². The van der Waals surface area contributed by atoms with Gasteiger partial charge in [0.2, 0.25) is 0 Å². The van der Waals surface area contributed by atoms with E-state index in [2.05, 4.69) is 9.93 Å². The molecule has 8 heteroatoms. The molecule has 0 bridgehead atoms. The van der Waals surface area contributed by atoms with Crippen molar-refractivity contribution in [3.63, 3.8) is 0 Å². The van der Waals surface area contributed by atoms with Gasteiger partial charge in [0.15, 0.2) is 11.5 Å². The molecule has 28 heavy (non-hydrogen) atoms. The summed E-state index contributed by atoms with van der Waals surface area (Å²) in [6, 6.07) is 15.8. The van der Waals surface area contributed by atoms with Crippen LogP contribution in [0, 0.1) is 6.92 Å². The second kappa shape index (κ2) is 8.90. The van der Waals surface area contributed by atoms with Crippen LogP contribution in [0.1, 0.15) is 16.0 Å². The quantitative estimate of drug-likeness (QED) is 0.445. The normalized spacial score (nSPS) is 11.5. The first-order valence-electron chi connectivity index (χ1n) is 8.43. The fraction of sp³-hybridized carbons (Fsp3) is 0.150. The standard InChI is InChI=1S/C20H20N2O4S2/c1-15-5-8-18(9-6-15)28(23,24)22-21-13-16-7-10-19(20(12-16)25-2)26-14-17-4-3-11-27-17/h3-13,22H,14H2,1-2H3/b21-13-. The summed E-state index contributed by atoms with van der Waals surface area (Å²) in [7, 11) is -2.16. The lowest BCUT2D eigenvalue weighted by Gasteiger charge is -2.10. The average Bonchev–Trinajstić information content (AvgIpc) is 3.20. The van der Waals surface area contributed by atoms with Crippen LogP contribution in [-0.4, -0.2) is 21.7 Å². The highest BCUT2D eigenvalue weighted by molar-refractivity contribution is 7.89. The molecular weight excluding hydrogens is 396 g/mol. The summed E-state index contributed by atoms with van der Waals surface area (Å²) in [6.07, 6.45) is 1.41. The molecule has 0 aliphatic carbocycles. The number of rotatable bonds is 8. The molecule has 6 nitrogen and oxygen atoms in total. The van der Waals surface area contributed by atoms with E-state index in [9.17, 15) is 8.42 Å². The van der Waals surface area contributed by atoms with E-state index in [4.69, 9.17) is 9.47 Å². The third-order valence-electron chi connectivity index (χ3n) is 3.86. The van der Waals surface area contributed by atoms with Gasteiger partial charge in [-0.3, -0.25) is 0 Å². The molecular formula is C20H20N2O4S2. The zero-order valence-electron chi connectivity index (χ0n) is 15.5. The molecule has 1 N–H and O–H groups in total. The summed E-state index contributed by atoms with van der Waals surface area (Å²) in [5.74, 6) is 1.15. The molecule has 0 atom stereocenters. The minimum atomic E-state index is -3.71. The summed E-state index contributed by atoms with van der Waals surface area (Å²) in [5, 5.41) is 5.84. The molecule has 0 saturated carbocycles. The molecule has 1 heterocycles. The summed E-state index contributed by atoms with van der Waals surface area (Å²) in [6.45, 7) is 2.35. The Kier molecular flexibility index (Phi) is 6.33. The van der Waals surface area contributed by atoms with Crippen molar-refractivity contribution in [1.82, 2.24) is 4.83 Å². The van der Waals surface area contributed by atoms with Gasteiger partial charge in [-0.2, -0.15) is 13.5 Å². The van der Waals surface area contributed by atoms with Gasteiger partial charge in [0.25, 0.3) is 10.0 Å². The van der Waals surface area contributed by atoms with Gasteiger partial charge in [-0.15, -0.1) is 11.3 Å². The van der Waals surface area contributed by atoms with Crippen molar-refractivity contribution in [3.05, 3.63) is 76.0 Å². The number of ether oxygens (including phenoxy) is 2. The number of nitrogens with one attached hydrogen (secondary N) is 1. The number of hydrogen-bond acceptors (Lipinski definition) is 6. The summed E-state index contributed by atoms with van der Waals surface area (Å²) >= 11 is 1.62. The van der Waals surface area contributed by atoms with Gasteiger partial charge in [0.1, 0.15) is 6.61 Å². The van der Waals surface area contributed by atoms with Crippen LogP contribution in [0.25, 0.3) is 0 Å². The van der Waals surface area contributed by atoms with E-state index < -0.39 is 10.0 Å². The Bertz CT molecular complexity index is 1040. The van der Waals surface area contributed by atoms with E-state index in [1.54, 1.807) is 48.8 Å². The maximum atomic E-state index is 12.2. The first kappa shape index (κ1) is 19.9. The lowest BCUT2D eigenvalue weighted by Crippen LogP contribution is -2.18. The zero-order chi connectivity index (χ0) is 20.0. The maximum Gasteiger partial charge on any atom is 0.276 e. The van der Waals surface area contributed by atoms with Crippen molar-refractivity contribution in [2.45, 2.75) is 18.4 Å². The number of aryl methyl sites for hydroxylation is 1. The molecule has 0 spiro atoms. The first-order valence-corrected chi connectivity index (χ1v) is 10.8. The Labute approximate surface area is 168 Å². The second-order valence-corrected chi connectivity index (χ2v) is 8.64. The van der Waals surface area contributed by atoms with Gasteiger partial charge in [0, 0.05) is 4.88 Å². The van der Waals surface area contributed by atoms with E-state index in [0.717, 1.165) is 10.4 Å². The molecule has 0 unspecified atom stereocenters. The Balaban J connectivity index is 1.67. The lowest BCUT2D eigenvalue weighted by molar-refractivity contribution is 0.287. The minimum absolute atomic E-state index is 0.158. The molecule has 3 aromatic rings. The number of thiophene rings is 1. The Morgan fingerprint density at radius 2 is 1.89 bits per heavy atom. The average molecular weight is 417 g/mol. The molecule has 1 aromatic heterocycles. The smallest absolute Gasteiger partial charge is 0.276 e. The molecule has 0 fully saturated rings.